The SMILES string of the molecule is CCOC(=O)C1CCN(c2ncnc(N3CCC(C(=O)OCC)CC3)c2[N+](=O)[O-])CC1. The number of anilines is 2. The Kier molecular flexibility index (Phi) is 7.59. The van der Waals surface area contributed by atoms with Crippen LogP contribution < -0.4 is 9.80 Å². The molecule has 31 heavy (non-hydrogen) atoms. The molecule has 0 spiro atoms. The van der Waals surface area contributed by atoms with E-state index in [0.29, 0.717) is 65.1 Å². The van der Waals surface area contributed by atoms with Crippen LogP contribution in [0, 0.1) is 22.0 Å². The number of carbonyl (C=O) groups excluding carboxylic acids is 2. The average Bonchev–Trinajstić information content (AvgIpc) is 2.79. The standard InChI is InChI=1S/C20H29N5O6/c1-3-30-19(26)14-5-9-23(10-6-14)17-16(25(28)29)18(22-13-21-17)24-11-7-15(8-12-24)20(27)31-4-2/h13-15H,3-12H2,1-2H3. The number of nitrogens with zero attached hydrogens (tertiary/aromatic N) is 5. The van der Waals surface area contributed by atoms with Crippen LogP contribution >= 0.6 is 0 Å². The maximum absolute atomic E-state index is 12.0. The molecule has 0 radical (unpaired) electrons. The van der Waals surface area contributed by atoms with Crippen molar-refractivity contribution in [2.45, 2.75) is 39.5 Å². The summed E-state index contributed by atoms with van der Waals surface area (Å²) in [6, 6.07) is 0. The van der Waals surface area contributed by atoms with Gasteiger partial charge in [-0.1, -0.05) is 0 Å². The summed E-state index contributed by atoms with van der Waals surface area (Å²) < 4.78 is 10.2. The summed E-state index contributed by atoms with van der Waals surface area (Å²) in [5.41, 5.74) is -0.133. The molecule has 0 amide bonds. The van der Waals surface area contributed by atoms with Crippen LogP contribution in [-0.4, -0.2) is 66.2 Å². The van der Waals surface area contributed by atoms with Gasteiger partial charge in [-0.05, 0) is 39.5 Å². The van der Waals surface area contributed by atoms with Gasteiger partial charge in [-0.3, -0.25) is 19.7 Å². The molecule has 0 saturated carbocycles. The summed E-state index contributed by atoms with van der Waals surface area (Å²) >= 11 is 0. The Morgan fingerprint density at radius 3 is 1.65 bits per heavy atom. The van der Waals surface area contributed by atoms with Gasteiger partial charge in [0, 0.05) is 26.2 Å². The van der Waals surface area contributed by atoms with Crippen molar-refractivity contribution in [2.75, 3.05) is 49.2 Å². The van der Waals surface area contributed by atoms with Crippen molar-refractivity contribution in [3.05, 3.63) is 16.4 Å². The summed E-state index contributed by atoms with van der Waals surface area (Å²) in [4.78, 5) is 47.6. The molecule has 11 heteroatoms. The third-order valence-corrected chi connectivity index (χ3v) is 5.80. The highest BCUT2D eigenvalue weighted by atomic mass is 16.6. The fraction of sp³-hybridized carbons (Fsp3) is 0.700. The number of carbonyl (C=O) groups is 2. The third kappa shape index (κ3) is 5.20. The fourth-order valence-corrected chi connectivity index (χ4v) is 4.16. The van der Waals surface area contributed by atoms with Gasteiger partial charge in [0.2, 0.25) is 11.6 Å². The zero-order valence-electron chi connectivity index (χ0n) is 18.0. The zero-order valence-corrected chi connectivity index (χ0v) is 18.0. The molecule has 2 saturated heterocycles. The molecule has 1 aromatic heterocycles. The summed E-state index contributed by atoms with van der Waals surface area (Å²) in [5.74, 6) is -0.291. The van der Waals surface area contributed by atoms with E-state index in [2.05, 4.69) is 9.97 Å². The van der Waals surface area contributed by atoms with Crippen LogP contribution in [0.15, 0.2) is 6.33 Å². The molecule has 0 aliphatic carbocycles. The van der Waals surface area contributed by atoms with Crippen LogP contribution in [0.3, 0.4) is 0 Å². The van der Waals surface area contributed by atoms with E-state index >= 15 is 0 Å². The molecule has 0 aromatic carbocycles. The van der Waals surface area contributed by atoms with E-state index in [-0.39, 0.29) is 41.1 Å². The largest absolute Gasteiger partial charge is 0.466 e. The Morgan fingerprint density at radius 2 is 1.32 bits per heavy atom. The molecule has 1 aromatic rings. The molecule has 0 N–H and O–H groups in total. The molecule has 2 aliphatic heterocycles. The van der Waals surface area contributed by atoms with Crippen LogP contribution in [0.4, 0.5) is 17.3 Å². The maximum Gasteiger partial charge on any atom is 0.353 e. The van der Waals surface area contributed by atoms with Gasteiger partial charge in [-0.2, -0.15) is 0 Å². The molecule has 0 unspecified atom stereocenters. The van der Waals surface area contributed by atoms with Crippen LogP contribution in [0.25, 0.3) is 0 Å². The highest BCUT2D eigenvalue weighted by Gasteiger charge is 2.35. The van der Waals surface area contributed by atoms with Crippen molar-refractivity contribution < 1.29 is 24.0 Å². The second kappa shape index (κ2) is 10.4. The normalized spacial score (nSPS) is 18.0. The minimum atomic E-state index is -0.445. The van der Waals surface area contributed by atoms with E-state index in [1.54, 1.807) is 13.8 Å². The molecule has 2 aliphatic rings. The number of piperidine rings is 2. The van der Waals surface area contributed by atoms with Gasteiger partial charge in [-0.15, -0.1) is 0 Å². The van der Waals surface area contributed by atoms with E-state index in [1.807, 2.05) is 9.80 Å². The summed E-state index contributed by atoms with van der Waals surface area (Å²) in [5, 5.41) is 12.0. The number of aromatic nitrogens is 2. The van der Waals surface area contributed by atoms with E-state index in [1.165, 1.54) is 6.33 Å². The molecule has 170 valence electrons. The van der Waals surface area contributed by atoms with Gasteiger partial charge in [0.1, 0.15) is 6.33 Å². The van der Waals surface area contributed by atoms with Crippen LogP contribution in [0.2, 0.25) is 0 Å². The molecule has 2 fully saturated rings. The molecule has 3 heterocycles. The predicted molar refractivity (Wildman–Crippen MR) is 112 cm³/mol. The number of esters is 2. The first-order chi connectivity index (χ1) is 15.0. The van der Waals surface area contributed by atoms with E-state index in [9.17, 15) is 19.7 Å². The van der Waals surface area contributed by atoms with Crippen molar-refractivity contribution in [2.24, 2.45) is 11.8 Å². The first-order valence-electron chi connectivity index (χ1n) is 10.8. The number of hydrogen-bond acceptors (Lipinski definition) is 10. The van der Waals surface area contributed by atoms with Gasteiger partial charge in [0.05, 0.1) is 30.0 Å². The van der Waals surface area contributed by atoms with Crippen LogP contribution in [-0.2, 0) is 19.1 Å². The molecular weight excluding hydrogens is 406 g/mol. The monoisotopic (exact) mass is 435 g/mol. The highest BCUT2D eigenvalue weighted by molar-refractivity contribution is 5.75. The van der Waals surface area contributed by atoms with Gasteiger partial charge >= 0.3 is 17.6 Å². The lowest BCUT2D eigenvalue weighted by molar-refractivity contribution is -0.383. The van der Waals surface area contributed by atoms with Gasteiger partial charge in [0.25, 0.3) is 0 Å². The Morgan fingerprint density at radius 1 is 0.935 bits per heavy atom. The summed E-state index contributed by atoms with van der Waals surface area (Å²) in [7, 11) is 0. The van der Waals surface area contributed by atoms with Gasteiger partial charge in [-0.25, -0.2) is 9.97 Å². The Balaban J connectivity index is 1.73. The zero-order chi connectivity index (χ0) is 22.4. The Labute approximate surface area is 180 Å². The minimum absolute atomic E-state index is 0.133. The first-order valence-corrected chi connectivity index (χ1v) is 10.8. The topological polar surface area (TPSA) is 128 Å². The Bertz CT molecular complexity index is 747. The quantitative estimate of drug-likeness (QED) is 0.356. The molecule has 3 rings (SSSR count). The number of hydrogen-bond donors (Lipinski definition) is 0. The number of nitro groups is 1. The van der Waals surface area contributed by atoms with Crippen molar-refractivity contribution in [1.82, 2.24) is 9.97 Å². The molecule has 11 nitrogen and oxygen atoms in total. The highest BCUT2D eigenvalue weighted by Crippen LogP contribution is 2.37. The van der Waals surface area contributed by atoms with Crippen molar-refractivity contribution in [3.63, 3.8) is 0 Å². The summed E-state index contributed by atoms with van der Waals surface area (Å²) in [6.07, 6.45) is 3.56. The van der Waals surface area contributed by atoms with Gasteiger partial charge < -0.3 is 19.3 Å². The first kappa shape index (κ1) is 22.7. The molecule has 0 bridgehead atoms. The van der Waals surface area contributed by atoms with E-state index < -0.39 is 4.92 Å². The summed E-state index contributed by atoms with van der Waals surface area (Å²) in [6.45, 7) is 6.14. The van der Waals surface area contributed by atoms with Crippen LogP contribution in [0.1, 0.15) is 39.5 Å². The number of ether oxygens (including phenoxy) is 2. The second-order valence-corrected chi connectivity index (χ2v) is 7.65. The average molecular weight is 435 g/mol. The maximum atomic E-state index is 12.0. The van der Waals surface area contributed by atoms with Crippen molar-refractivity contribution >= 4 is 29.3 Å². The smallest absolute Gasteiger partial charge is 0.353 e. The second-order valence-electron chi connectivity index (χ2n) is 7.65. The third-order valence-electron chi connectivity index (χ3n) is 5.80. The van der Waals surface area contributed by atoms with E-state index in [0.717, 1.165) is 0 Å². The lowest BCUT2D eigenvalue weighted by Gasteiger charge is -2.33. The lowest BCUT2D eigenvalue weighted by Crippen LogP contribution is -2.39. The van der Waals surface area contributed by atoms with E-state index in [4.69, 9.17) is 9.47 Å². The fourth-order valence-electron chi connectivity index (χ4n) is 4.16. The molecule has 0 atom stereocenters. The van der Waals surface area contributed by atoms with Gasteiger partial charge in [0.15, 0.2) is 0 Å². The van der Waals surface area contributed by atoms with Crippen molar-refractivity contribution in [1.29, 1.82) is 0 Å². The lowest BCUT2D eigenvalue weighted by atomic mass is 9.96. The van der Waals surface area contributed by atoms with Crippen molar-refractivity contribution in [3.8, 4) is 0 Å². The number of rotatable bonds is 7. The predicted octanol–water partition coefficient (Wildman–Crippen LogP) is 1.94. The Hall–Kier alpha value is -2.98. The molecular formula is C20H29N5O6. The van der Waals surface area contributed by atoms with Crippen LogP contribution in [0.5, 0.6) is 0 Å². The minimum Gasteiger partial charge on any atom is -0.466 e.